The summed E-state index contributed by atoms with van der Waals surface area (Å²) in [5, 5.41) is 2.77. The maximum absolute atomic E-state index is 11.9. The Morgan fingerprint density at radius 1 is 1.39 bits per heavy atom. The second kappa shape index (κ2) is 4.10. The molecule has 1 aromatic carbocycles. The van der Waals surface area contributed by atoms with Crippen LogP contribution in [0.25, 0.3) is 0 Å². The van der Waals surface area contributed by atoms with Crippen molar-refractivity contribution in [2.24, 2.45) is 11.7 Å². The highest BCUT2D eigenvalue weighted by Gasteiger charge is 2.30. The van der Waals surface area contributed by atoms with E-state index in [0.29, 0.717) is 31.6 Å². The number of rotatable bonds is 2. The van der Waals surface area contributed by atoms with Crippen LogP contribution in [0.15, 0.2) is 18.2 Å². The predicted octanol–water partition coefficient (Wildman–Crippen LogP) is 0.242. The smallest absolute Gasteiger partial charge is 0.251 e. The van der Waals surface area contributed by atoms with E-state index in [1.54, 1.807) is 11.0 Å². The van der Waals surface area contributed by atoms with Crippen molar-refractivity contribution < 1.29 is 9.59 Å². The van der Waals surface area contributed by atoms with Gasteiger partial charge in [-0.15, -0.1) is 0 Å². The van der Waals surface area contributed by atoms with Crippen molar-refractivity contribution in [3.8, 4) is 0 Å². The van der Waals surface area contributed by atoms with E-state index in [0.717, 1.165) is 11.3 Å². The Kier molecular flexibility index (Phi) is 2.56. The van der Waals surface area contributed by atoms with Gasteiger partial charge in [-0.25, -0.2) is 0 Å². The van der Waals surface area contributed by atoms with Gasteiger partial charge in [0.25, 0.3) is 5.91 Å². The summed E-state index contributed by atoms with van der Waals surface area (Å²) in [6, 6.07) is 5.61. The van der Waals surface area contributed by atoms with Gasteiger partial charge in [0.2, 0.25) is 5.91 Å². The molecule has 0 saturated carbocycles. The summed E-state index contributed by atoms with van der Waals surface area (Å²) in [6.45, 7) is 1.75. The van der Waals surface area contributed by atoms with Crippen LogP contribution in [0.1, 0.15) is 22.3 Å². The molecule has 2 aliphatic heterocycles. The minimum absolute atomic E-state index is 0.0612. The van der Waals surface area contributed by atoms with E-state index in [4.69, 9.17) is 5.73 Å². The SMILES string of the molecule is NCC1CC(=O)N(c2ccc3c(c2)C(=O)NC3)C1. The van der Waals surface area contributed by atoms with Crippen LogP contribution in [0.5, 0.6) is 0 Å². The van der Waals surface area contributed by atoms with E-state index in [2.05, 4.69) is 5.32 Å². The van der Waals surface area contributed by atoms with Crippen LogP contribution in [-0.4, -0.2) is 24.9 Å². The number of benzene rings is 1. The van der Waals surface area contributed by atoms with Crippen molar-refractivity contribution in [2.45, 2.75) is 13.0 Å². The van der Waals surface area contributed by atoms with Gasteiger partial charge < -0.3 is 16.0 Å². The van der Waals surface area contributed by atoms with Gasteiger partial charge in [-0.1, -0.05) is 6.07 Å². The Morgan fingerprint density at radius 3 is 2.94 bits per heavy atom. The molecule has 1 unspecified atom stereocenters. The van der Waals surface area contributed by atoms with Gasteiger partial charge in [0.05, 0.1) is 0 Å². The fraction of sp³-hybridized carbons (Fsp3) is 0.385. The first-order chi connectivity index (χ1) is 8.69. The third kappa shape index (κ3) is 1.67. The predicted molar refractivity (Wildman–Crippen MR) is 67.1 cm³/mol. The molecule has 94 valence electrons. The number of amides is 2. The van der Waals surface area contributed by atoms with Gasteiger partial charge >= 0.3 is 0 Å². The topological polar surface area (TPSA) is 75.4 Å². The molecule has 2 heterocycles. The van der Waals surface area contributed by atoms with E-state index in [9.17, 15) is 9.59 Å². The number of hydrogen-bond acceptors (Lipinski definition) is 3. The number of fused-ring (bicyclic) bond motifs is 1. The van der Waals surface area contributed by atoms with E-state index in [-0.39, 0.29) is 17.7 Å². The third-order valence-electron chi connectivity index (χ3n) is 3.63. The van der Waals surface area contributed by atoms with Crippen molar-refractivity contribution >= 4 is 17.5 Å². The Balaban J connectivity index is 1.92. The Bertz CT molecular complexity index is 527. The minimum atomic E-state index is -0.0612. The third-order valence-corrected chi connectivity index (χ3v) is 3.63. The zero-order valence-corrected chi connectivity index (χ0v) is 9.98. The summed E-state index contributed by atoms with van der Waals surface area (Å²) < 4.78 is 0. The molecular weight excluding hydrogens is 230 g/mol. The van der Waals surface area contributed by atoms with E-state index in [1.165, 1.54) is 0 Å². The summed E-state index contributed by atoms with van der Waals surface area (Å²) in [5.74, 6) is 0.247. The van der Waals surface area contributed by atoms with Crippen LogP contribution >= 0.6 is 0 Å². The van der Waals surface area contributed by atoms with Gasteiger partial charge in [0.15, 0.2) is 0 Å². The normalized spacial score (nSPS) is 22.3. The molecule has 1 saturated heterocycles. The van der Waals surface area contributed by atoms with E-state index >= 15 is 0 Å². The minimum Gasteiger partial charge on any atom is -0.348 e. The summed E-state index contributed by atoms with van der Waals surface area (Å²) in [4.78, 5) is 25.2. The molecular formula is C13H15N3O2. The van der Waals surface area contributed by atoms with Crippen LogP contribution in [0.3, 0.4) is 0 Å². The van der Waals surface area contributed by atoms with E-state index < -0.39 is 0 Å². The highest BCUT2D eigenvalue weighted by atomic mass is 16.2. The van der Waals surface area contributed by atoms with Crippen molar-refractivity contribution in [3.63, 3.8) is 0 Å². The number of hydrogen-bond donors (Lipinski definition) is 2. The first-order valence-corrected chi connectivity index (χ1v) is 6.10. The summed E-state index contributed by atoms with van der Waals surface area (Å²) in [6.07, 6.45) is 0.500. The molecule has 1 atom stereocenters. The molecule has 0 radical (unpaired) electrons. The fourth-order valence-corrected chi connectivity index (χ4v) is 2.56. The first-order valence-electron chi connectivity index (χ1n) is 6.10. The zero-order chi connectivity index (χ0) is 12.7. The maximum atomic E-state index is 11.9. The lowest BCUT2D eigenvalue weighted by atomic mass is 10.1. The van der Waals surface area contributed by atoms with Crippen molar-refractivity contribution in [1.29, 1.82) is 0 Å². The van der Waals surface area contributed by atoms with Crippen molar-refractivity contribution in [2.75, 3.05) is 18.0 Å². The molecule has 18 heavy (non-hydrogen) atoms. The van der Waals surface area contributed by atoms with Gasteiger partial charge in [-0.05, 0) is 30.2 Å². The number of anilines is 1. The highest BCUT2D eigenvalue weighted by molar-refractivity contribution is 6.01. The molecule has 0 aliphatic carbocycles. The lowest BCUT2D eigenvalue weighted by Crippen LogP contribution is -2.26. The highest BCUT2D eigenvalue weighted by Crippen LogP contribution is 2.28. The van der Waals surface area contributed by atoms with Gasteiger partial charge in [-0.2, -0.15) is 0 Å². The Morgan fingerprint density at radius 2 is 2.22 bits per heavy atom. The lowest BCUT2D eigenvalue weighted by Gasteiger charge is -2.17. The van der Waals surface area contributed by atoms with Crippen LogP contribution in [0.4, 0.5) is 5.69 Å². The first kappa shape index (κ1) is 11.2. The quantitative estimate of drug-likeness (QED) is 0.783. The average molecular weight is 245 g/mol. The van der Waals surface area contributed by atoms with E-state index in [1.807, 2.05) is 12.1 Å². The molecule has 3 rings (SSSR count). The summed E-state index contributed by atoms with van der Waals surface area (Å²) >= 11 is 0. The average Bonchev–Trinajstić information content (AvgIpc) is 2.93. The van der Waals surface area contributed by atoms with Crippen LogP contribution in [0, 0.1) is 5.92 Å². The van der Waals surface area contributed by atoms with Crippen LogP contribution in [0.2, 0.25) is 0 Å². The molecule has 5 nitrogen and oxygen atoms in total. The fourth-order valence-electron chi connectivity index (χ4n) is 2.56. The lowest BCUT2D eigenvalue weighted by molar-refractivity contribution is -0.117. The monoisotopic (exact) mass is 245 g/mol. The standard InChI is InChI=1S/C13H15N3O2/c14-5-8-3-12(17)16(7-8)10-2-1-9-6-15-13(18)11(9)4-10/h1-2,4,8H,3,5-7,14H2,(H,15,18). The van der Waals surface area contributed by atoms with Crippen molar-refractivity contribution in [1.82, 2.24) is 5.32 Å². The largest absolute Gasteiger partial charge is 0.348 e. The molecule has 2 aliphatic rings. The number of nitrogens with two attached hydrogens (primary N) is 1. The number of carbonyl (C=O) groups is 2. The Hall–Kier alpha value is -1.88. The molecule has 5 heteroatoms. The van der Waals surface area contributed by atoms with Gasteiger partial charge in [-0.3, -0.25) is 9.59 Å². The zero-order valence-electron chi connectivity index (χ0n) is 9.98. The van der Waals surface area contributed by atoms with Gasteiger partial charge in [0.1, 0.15) is 0 Å². The maximum Gasteiger partial charge on any atom is 0.251 e. The van der Waals surface area contributed by atoms with Crippen molar-refractivity contribution in [3.05, 3.63) is 29.3 Å². The molecule has 1 aromatic rings. The summed E-state index contributed by atoms with van der Waals surface area (Å²) in [7, 11) is 0. The van der Waals surface area contributed by atoms with Crippen LogP contribution < -0.4 is 16.0 Å². The molecule has 0 aromatic heterocycles. The number of nitrogens with one attached hydrogen (secondary N) is 1. The van der Waals surface area contributed by atoms with Crippen LogP contribution in [-0.2, 0) is 11.3 Å². The molecule has 3 N–H and O–H groups in total. The molecule has 1 fully saturated rings. The summed E-state index contributed by atoms with van der Waals surface area (Å²) in [5.41, 5.74) is 8.07. The number of nitrogens with zero attached hydrogens (tertiary/aromatic N) is 1. The second-order valence-electron chi connectivity index (χ2n) is 4.83. The second-order valence-corrected chi connectivity index (χ2v) is 4.83. The van der Waals surface area contributed by atoms with Gasteiger partial charge in [0, 0.05) is 30.8 Å². The molecule has 2 amide bonds. The molecule has 0 spiro atoms. The number of carbonyl (C=O) groups excluding carboxylic acids is 2. The molecule has 0 bridgehead atoms. The Labute approximate surface area is 105 Å².